The van der Waals surface area contributed by atoms with Crippen LogP contribution in [-0.2, 0) is 4.79 Å². The van der Waals surface area contributed by atoms with Crippen molar-refractivity contribution in [2.45, 2.75) is 26.8 Å². The van der Waals surface area contributed by atoms with Crippen molar-refractivity contribution in [3.63, 3.8) is 0 Å². The Morgan fingerprint density at radius 3 is 2.48 bits per heavy atom. The summed E-state index contributed by atoms with van der Waals surface area (Å²) >= 11 is 5.28. The van der Waals surface area contributed by atoms with Gasteiger partial charge in [-0.2, -0.15) is 0 Å². The topological polar surface area (TPSA) is 53.2 Å². The molecule has 0 aliphatic carbocycles. The average molecular weight is 351 g/mol. The third-order valence-corrected chi connectivity index (χ3v) is 4.50. The Morgan fingerprint density at radius 2 is 1.80 bits per heavy atom. The Morgan fingerprint density at radius 1 is 1.08 bits per heavy atom. The highest BCUT2D eigenvalue weighted by Gasteiger charge is 2.29. The first-order valence-electron chi connectivity index (χ1n) is 8.17. The fourth-order valence-corrected chi connectivity index (χ4v) is 3.30. The standard InChI is InChI=1S/C20H21N3OS/c1-12-9-10-16(13(2)11-12)22-19(24)17-14(3)21-20(25)23-18(17)15-7-5-4-6-8-15/h4-11,18H,1-3H3,(H,22,24)(H2,21,23,25)/t18-/m1/s1. The van der Waals surface area contributed by atoms with Crippen molar-refractivity contribution < 1.29 is 4.79 Å². The van der Waals surface area contributed by atoms with E-state index in [1.54, 1.807) is 0 Å². The highest BCUT2D eigenvalue weighted by atomic mass is 32.1. The van der Waals surface area contributed by atoms with Crippen LogP contribution in [0.25, 0.3) is 0 Å². The van der Waals surface area contributed by atoms with Crippen LogP contribution in [0.3, 0.4) is 0 Å². The van der Waals surface area contributed by atoms with Crippen molar-refractivity contribution in [3.8, 4) is 0 Å². The lowest BCUT2D eigenvalue weighted by atomic mass is 9.95. The summed E-state index contributed by atoms with van der Waals surface area (Å²) in [6, 6.07) is 15.5. The van der Waals surface area contributed by atoms with Gasteiger partial charge in [-0.3, -0.25) is 4.79 Å². The van der Waals surface area contributed by atoms with Gasteiger partial charge in [-0.05, 0) is 50.2 Å². The minimum atomic E-state index is -0.277. The van der Waals surface area contributed by atoms with Crippen molar-refractivity contribution >= 4 is 28.9 Å². The molecule has 0 radical (unpaired) electrons. The second-order valence-corrected chi connectivity index (χ2v) is 6.66. The third kappa shape index (κ3) is 3.72. The number of carbonyl (C=O) groups excluding carboxylic acids is 1. The number of amides is 1. The van der Waals surface area contributed by atoms with Gasteiger partial charge < -0.3 is 16.0 Å². The predicted octanol–water partition coefficient (Wildman–Crippen LogP) is 3.73. The molecule has 1 heterocycles. The van der Waals surface area contributed by atoms with Crippen LogP contribution < -0.4 is 16.0 Å². The second kappa shape index (κ2) is 7.07. The van der Waals surface area contributed by atoms with E-state index in [9.17, 15) is 4.79 Å². The smallest absolute Gasteiger partial charge is 0.255 e. The maximum absolute atomic E-state index is 13.0. The zero-order valence-electron chi connectivity index (χ0n) is 14.5. The van der Waals surface area contributed by atoms with E-state index in [0.717, 1.165) is 22.5 Å². The van der Waals surface area contributed by atoms with Crippen LogP contribution in [-0.4, -0.2) is 11.0 Å². The van der Waals surface area contributed by atoms with Crippen LogP contribution in [0.2, 0.25) is 0 Å². The molecule has 2 aromatic rings. The van der Waals surface area contributed by atoms with Gasteiger partial charge in [0.25, 0.3) is 5.91 Å². The lowest BCUT2D eigenvalue weighted by Crippen LogP contribution is -2.45. The molecule has 0 unspecified atom stereocenters. The van der Waals surface area contributed by atoms with E-state index in [0.29, 0.717) is 10.7 Å². The molecule has 5 heteroatoms. The van der Waals surface area contributed by atoms with Gasteiger partial charge in [-0.25, -0.2) is 0 Å². The molecule has 0 bridgehead atoms. The van der Waals surface area contributed by atoms with Gasteiger partial charge in [0, 0.05) is 11.4 Å². The van der Waals surface area contributed by atoms with E-state index in [4.69, 9.17) is 12.2 Å². The maximum Gasteiger partial charge on any atom is 0.255 e. The summed E-state index contributed by atoms with van der Waals surface area (Å²) in [5, 5.41) is 9.82. The molecule has 0 spiro atoms. The van der Waals surface area contributed by atoms with E-state index < -0.39 is 0 Å². The minimum Gasteiger partial charge on any atom is -0.351 e. The molecule has 0 saturated heterocycles. The Bertz CT molecular complexity index is 858. The molecule has 0 fully saturated rings. The van der Waals surface area contributed by atoms with Crippen LogP contribution in [0.1, 0.15) is 29.7 Å². The van der Waals surface area contributed by atoms with Crippen molar-refractivity contribution in [2.75, 3.05) is 5.32 Å². The molecule has 2 aromatic carbocycles. The van der Waals surface area contributed by atoms with Crippen LogP contribution in [0.15, 0.2) is 59.8 Å². The number of allylic oxidation sites excluding steroid dienone is 1. The Labute approximate surface area is 153 Å². The van der Waals surface area contributed by atoms with E-state index in [1.165, 1.54) is 5.56 Å². The molecule has 0 aromatic heterocycles. The first kappa shape index (κ1) is 17.2. The van der Waals surface area contributed by atoms with Crippen LogP contribution in [0.4, 0.5) is 5.69 Å². The van der Waals surface area contributed by atoms with Gasteiger partial charge in [-0.1, -0.05) is 48.0 Å². The number of rotatable bonds is 3. The van der Waals surface area contributed by atoms with Crippen molar-refractivity contribution in [3.05, 3.63) is 76.5 Å². The molecule has 128 valence electrons. The summed E-state index contributed by atoms with van der Waals surface area (Å²) in [4.78, 5) is 13.0. The molecule has 1 amide bonds. The number of carbonyl (C=O) groups is 1. The zero-order valence-corrected chi connectivity index (χ0v) is 15.3. The molecular weight excluding hydrogens is 330 g/mol. The highest BCUT2D eigenvalue weighted by molar-refractivity contribution is 7.80. The summed E-state index contributed by atoms with van der Waals surface area (Å²) in [5.74, 6) is -0.138. The zero-order chi connectivity index (χ0) is 18.0. The lowest BCUT2D eigenvalue weighted by Gasteiger charge is -2.30. The Hall–Kier alpha value is -2.66. The maximum atomic E-state index is 13.0. The van der Waals surface area contributed by atoms with Crippen molar-refractivity contribution in [2.24, 2.45) is 0 Å². The molecule has 1 aliphatic rings. The van der Waals surface area contributed by atoms with E-state index >= 15 is 0 Å². The second-order valence-electron chi connectivity index (χ2n) is 6.25. The molecule has 3 rings (SSSR count). The number of anilines is 1. The first-order valence-corrected chi connectivity index (χ1v) is 8.58. The van der Waals surface area contributed by atoms with Gasteiger partial charge in [0.1, 0.15) is 0 Å². The summed E-state index contributed by atoms with van der Waals surface area (Å²) in [7, 11) is 0. The monoisotopic (exact) mass is 351 g/mol. The minimum absolute atomic E-state index is 0.138. The molecule has 1 aliphatic heterocycles. The first-order chi connectivity index (χ1) is 12.0. The number of thiocarbonyl (C=S) groups is 1. The fourth-order valence-electron chi connectivity index (χ4n) is 3.03. The highest BCUT2D eigenvalue weighted by Crippen LogP contribution is 2.28. The molecular formula is C20H21N3OS. The number of aryl methyl sites for hydroxylation is 2. The Balaban J connectivity index is 1.95. The lowest BCUT2D eigenvalue weighted by molar-refractivity contribution is -0.113. The molecule has 4 nitrogen and oxygen atoms in total. The molecule has 0 saturated carbocycles. The summed E-state index contributed by atoms with van der Waals surface area (Å²) in [6.07, 6.45) is 0. The van der Waals surface area contributed by atoms with Gasteiger partial charge >= 0.3 is 0 Å². The van der Waals surface area contributed by atoms with E-state index in [1.807, 2.05) is 63.2 Å². The van der Waals surface area contributed by atoms with Crippen LogP contribution >= 0.6 is 12.2 Å². The fraction of sp³-hybridized carbons (Fsp3) is 0.200. The predicted molar refractivity (Wildman–Crippen MR) is 105 cm³/mol. The van der Waals surface area contributed by atoms with Crippen LogP contribution in [0.5, 0.6) is 0 Å². The number of hydrogen-bond acceptors (Lipinski definition) is 2. The van der Waals surface area contributed by atoms with Crippen molar-refractivity contribution in [1.29, 1.82) is 0 Å². The van der Waals surface area contributed by atoms with E-state index in [-0.39, 0.29) is 11.9 Å². The van der Waals surface area contributed by atoms with Crippen LogP contribution in [0, 0.1) is 13.8 Å². The SMILES string of the molecule is CC1=C(C(=O)Nc2ccc(C)cc2C)[C@@H](c2ccccc2)NC(=S)N1. The molecule has 3 N–H and O–H groups in total. The Kier molecular flexibility index (Phi) is 4.86. The summed E-state index contributed by atoms with van der Waals surface area (Å²) in [5.41, 5.74) is 5.42. The summed E-state index contributed by atoms with van der Waals surface area (Å²) in [6.45, 7) is 5.90. The number of benzene rings is 2. The normalized spacial score (nSPS) is 16.9. The van der Waals surface area contributed by atoms with Gasteiger partial charge in [0.15, 0.2) is 5.11 Å². The number of nitrogens with one attached hydrogen (secondary N) is 3. The van der Waals surface area contributed by atoms with E-state index in [2.05, 4.69) is 22.0 Å². The van der Waals surface area contributed by atoms with Crippen molar-refractivity contribution in [1.82, 2.24) is 10.6 Å². The van der Waals surface area contributed by atoms with Gasteiger partial charge in [0.2, 0.25) is 0 Å². The molecule has 1 atom stereocenters. The third-order valence-electron chi connectivity index (χ3n) is 4.28. The van der Waals surface area contributed by atoms with Gasteiger partial charge in [0.05, 0.1) is 11.6 Å². The van der Waals surface area contributed by atoms with Gasteiger partial charge in [-0.15, -0.1) is 0 Å². The average Bonchev–Trinajstić information content (AvgIpc) is 2.57. The number of hydrogen-bond donors (Lipinski definition) is 3. The quantitative estimate of drug-likeness (QED) is 0.738. The summed E-state index contributed by atoms with van der Waals surface area (Å²) < 4.78 is 0. The largest absolute Gasteiger partial charge is 0.351 e. The molecule has 25 heavy (non-hydrogen) atoms.